The van der Waals surface area contributed by atoms with E-state index >= 15 is 0 Å². The zero-order valence-electron chi connectivity index (χ0n) is 6.25. The number of nitrogens with one attached hydrogen (secondary N) is 2. The normalized spacial score (nSPS) is 22.4. The molecular formula is C8H11N3. The average Bonchev–Trinajstić information content (AvgIpc) is 1.99. The van der Waals surface area contributed by atoms with E-state index < -0.39 is 0 Å². The third-order valence-corrected chi connectivity index (χ3v) is 1.81. The van der Waals surface area contributed by atoms with Gasteiger partial charge in [0, 0.05) is 12.7 Å². The fourth-order valence-corrected chi connectivity index (χ4v) is 1.04. The number of hydrogen-bond acceptors (Lipinski definition) is 3. The molecule has 1 aliphatic rings. The molecule has 1 atom stereocenters. The lowest BCUT2D eigenvalue weighted by Gasteiger charge is -2.28. The molecule has 1 fully saturated rings. The molecule has 0 spiro atoms. The van der Waals surface area contributed by atoms with Crippen LogP contribution >= 0.6 is 0 Å². The summed E-state index contributed by atoms with van der Waals surface area (Å²) in [4.78, 5) is 4.15. The molecule has 1 saturated heterocycles. The van der Waals surface area contributed by atoms with Crippen molar-refractivity contribution in [3.63, 3.8) is 0 Å². The summed E-state index contributed by atoms with van der Waals surface area (Å²) in [6.45, 7) is 1.12. The number of rotatable bonds is 2. The van der Waals surface area contributed by atoms with Gasteiger partial charge < -0.3 is 5.32 Å². The van der Waals surface area contributed by atoms with Gasteiger partial charge in [0.1, 0.15) is 5.82 Å². The maximum atomic E-state index is 4.15. The highest BCUT2D eigenvalue weighted by Gasteiger charge is 2.15. The Kier molecular flexibility index (Phi) is 1.73. The predicted molar refractivity (Wildman–Crippen MR) is 44.3 cm³/mol. The van der Waals surface area contributed by atoms with Crippen LogP contribution in [0.15, 0.2) is 24.4 Å². The molecule has 1 unspecified atom stereocenters. The third kappa shape index (κ3) is 1.49. The monoisotopic (exact) mass is 149 g/mol. The number of anilines is 1. The lowest BCUT2D eigenvalue weighted by molar-refractivity contribution is 0.409. The standard InChI is InChI=1S/C8H11N3/c1-2-5-9-7(3-1)11-8-4-6-10-8/h1-3,5,8,10H,4,6H2,(H,9,11). The molecule has 3 heteroatoms. The zero-order valence-corrected chi connectivity index (χ0v) is 6.25. The van der Waals surface area contributed by atoms with Gasteiger partial charge in [-0.3, -0.25) is 5.32 Å². The lowest BCUT2D eigenvalue weighted by atomic mass is 10.2. The minimum Gasteiger partial charge on any atom is -0.355 e. The summed E-state index contributed by atoms with van der Waals surface area (Å²) < 4.78 is 0. The summed E-state index contributed by atoms with van der Waals surface area (Å²) in [5.41, 5.74) is 0. The molecule has 1 aromatic heterocycles. The molecule has 0 aliphatic carbocycles. The van der Waals surface area contributed by atoms with Crippen molar-refractivity contribution in [3.05, 3.63) is 24.4 Å². The van der Waals surface area contributed by atoms with Crippen LogP contribution in [0.1, 0.15) is 6.42 Å². The van der Waals surface area contributed by atoms with Gasteiger partial charge >= 0.3 is 0 Å². The van der Waals surface area contributed by atoms with E-state index in [2.05, 4.69) is 15.6 Å². The zero-order chi connectivity index (χ0) is 7.52. The van der Waals surface area contributed by atoms with E-state index in [1.807, 2.05) is 18.2 Å². The number of aromatic nitrogens is 1. The summed E-state index contributed by atoms with van der Waals surface area (Å²) in [6.07, 6.45) is 3.42. The topological polar surface area (TPSA) is 37.0 Å². The molecule has 11 heavy (non-hydrogen) atoms. The van der Waals surface area contributed by atoms with Crippen LogP contribution in [0.3, 0.4) is 0 Å². The Bertz CT molecular complexity index is 218. The molecule has 0 amide bonds. The van der Waals surface area contributed by atoms with Crippen LogP contribution in [-0.2, 0) is 0 Å². The molecule has 2 heterocycles. The Labute approximate surface area is 65.8 Å². The van der Waals surface area contributed by atoms with Crippen LogP contribution in [0.4, 0.5) is 5.82 Å². The van der Waals surface area contributed by atoms with Gasteiger partial charge in [-0.05, 0) is 18.6 Å². The second-order valence-corrected chi connectivity index (χ2v) is 2.65. The van der Waals surface area contributed by atoms with Gasteiger partial charge in [-0.15, -0.1) is 0 Å². The Balaban J connectivity index is 1.95. The highest BCUT2D eigenvalue weighted by Crippen LogP contribution is 2.07. The van der Waals surface area contributed by atoms with Gasteiger partial charge in [0.15, 0.2) is 0 Å². The number of pyridine rings is 1. The SMILES string of the molecule is c1ccc(NC2CCN2)nc1. The van der Waals surface area contributed by atoms with Gasteiger partial charge in [0.2, 0.25) is 0 Å². The van der Waals surface area contributed by atoms with Crippen molar-refractivity contribution < 1.29 is 0 Å². The largest absolute Gasteiger partial charge is 0.355 e. The molecule has 0 saturated carbocycles. The van der Waals surface area contributed by atoms with Crippen molar-refractivity contribution >= 4 is 5.82 Å². The lowest BCUT2D eigenvalue weighted by Crippen LogP contribution is -2.48. The second-order valence-electron chi connectivity index (χ2n) is 2.65. The second kappa shape index (κ2) is 2.88. The van der Waals surface area contributed by atoms with Crippen molar-refractivity contribution in [2.45, 2.75) is 12.6 Å². The highest BCUT2D eigenvalue weighted by molar-refractivity contribution is 5.34. The van der Waals surface area contributed by atoms with Crippen molar-refractivity contribution in [1.29, 1.82) is 0 Å². The highest BCUT2D eigenvalue weighted by atomic mass is 15.2. The summed E-state index contributed by atoms with van der Waals surface area (Å²) in [6, 6.07) is 5.87. The van der Waals surface area contributed by atoms with Crippen LogP contribution < -0.4 is 10.6 Å². The molecule has 0 aromatic carbocycles. The fraction of sp³-hybridized carbons (Fsp3) is 0.375. The van der Waals surface area contributed by atoms with E-state index in [1.165, 1.54) is 6.42 Å². The van der Waals surface area contributed by atoms with Crippen LogP contribution in [0.25, 0.3) is 0 Å². The maximum Gasteiger partial charge on any atom is 0.127 e. The van der Waals surface area contributed by atoms with Gasteiger partial charge in [-0.1, -0.05) is 6.07 Å². The van der Waals surface area contributed by atoms with Crippen molar-refractivity contribution in [2.24, 2.45) is 0 Å². The first kappa shape index (κ1) is 6.61. The van der Waals surface area contributed by atoms with Crippen molar-refractivity contribution in [3.8, 4) is 0 Å². The summed E-state index contributed by atoms with van der Waals surface area (Å²) in [7, 11) is 0. The van der Waals surface area contributed by atoms with E-state index in [0.717, 1.165) is 12.4 Å². The Morgan fingerprint density at radius 2 is 2.45 bits per heavy atom. The first-order valence-electron chi connectivity index (χ1n) is 3.86. The van der Waals surface area contributed by atoms with Crippen molar-refractivity contribution in [2.75, 3.05) is 11.9 Å². The van der Waals surface area contributed by atoms with Crippen LogP contribution in [-0.4, -0.2) is 17.7 Å². The van der Waals surface area contributed by atoms with Crippen LogP contribution in [0.2, 0.25) is 0 Å². The molecule has 2 rings (SSSR count). The molecule has 3 nitrogen and oxygen atoms in total. The first-order valence-corrected chi connectivity index (χ1v) is 3.86. The Morgan fingerprint density at radius 1 is 1.55 bits per heavy atom. The Morgan fingerprint density at radius 3 is 3.00 bits per heavy atom. The van der Waals surface area contributed by atoms with E-state index in [1.54, 1.807) is 6.20 Å². The smallest absolute Gasteiger partial charge is 0.127 e. The van der Waals surface area contributed by atoms with E-state index in [9.17, 15) is 0 Å². The quantitative estimate of drug-likeness (QED) is 0.653. The molecule has 1 aliphatic heterocycles. The first-order chi connectivity index (χ1) is 5.45. The summed E-state index contributed by atoms with van der Waals surface area (Å²) >= 11 is 0. The minimum atomic E-state index is 0.435. The summed E-state index contributed by atoms with van der Waals surface area (Å²) in [5, 5.41) is 6.50. The molecule has 58 valence electrons. The fourth-order valence-electron chi connectivity index (χ4n) is 1.04. The van der Waals surface area contributed by atoms with Gasteiger partial charge in [0.25, 0.3) is 0 Å². The van der Waals surface area contributed by atoms with Gasteiger partial charge in [-0.25, -0.2) is 4.98 Å². The maximum absolute atomic E-state index is 4.15. The third-order valence-electron chi connectivity index (χ3n) is 1.81. The molecule has 1 aromatic rings. The van der Waals surface area contributed by atoms with Crippen LogP contribution in [0, 0.1) is 0 Å². The molecule has 0 bridgehead atoms. The van der Waals surface area contributed by atoms with E-state index in [4.69, 9.17) is 0 Å². The Hall–Kier alpha value is -1.09. The predicted octanol–water partition coefficient (Wildman–Crippen LogP) is 0.813. The summed E-state index contributed by atoms with van der Waals surface area (Å²) in [5.74, 6) is 0.949. The number of hydrogen-bond donors (Lipinski definition) is 2. The minimum absolute atomic E-state index is 0.435. The average molecular weight is 149 g/mol. The van der Waals surface area contributed by atoms with Gasteiger partial charge in [-0.2, -0.15) is 0 Å². The van der Waals surface area contributed by atoms with Crippen LogP contribution in [0.5, 0.6) is 0 Å². The molecular weight excluding hydrogens is 138 g/mol. The molecule has 2 N–H and O–H groups in total. The number of nitrogens with zero attached hydrogens (tertiary/aromatic N) is 1. The van der Waals surface area contributed by atoms with Gasteiger partial charge in [0.05, 0.1) is 6.17 Å². The van der Waals surface area contributed by atoms with Crippen molar-refractivity contribution in [1.82, 2.24) is 10.3 Å². The van der Waals surface area contributed by atoms with E-state index in [-0.39, 0.29) is 0 Å². The van der Waals surface area contributed by atoms with E-state index in [0.29, 0.717) is 6.17 Å². The molecule has 0 radical (unpaired) electrons.